The topological polar surface area (TPSA) is 35.5 Å². The minimum absolute atomic E-state index is 0.319. The van der Waals surface area contributed by atoms with E-state index in [0.29, 0.717) is 12.6 Å². The molecule has 1 atom stereocenters. The van der Waals surface area contributed by atoms with Crippen molar-refractivity contribution in [2.75, 3.05) is 33.3 Å². The van der Waals surface area contributed by atoms with Gasteiger partial charge in [-0.3, -0.25) is 0 Å². The van der Waals surface area contributed by atoms with Crippen molar-refractivity contribution < 1.29 is 5.11 Å². The minimum atomic E-state index is 0.319. The van der Waals surface area contributed by atoms with E-state index in [2.05, 4.69) is 55.4 Å². The Kier molecular flexibility index (Phi) is 9.31. The fraction of sp³-hybridized carbons (Fsp3) is 0.667. The molecule has 0 aliphatic heterocycles. The highest BCUT2D eigenvalue weighted by atomic mass is 16.2. The number of aryl methyl sites for hydroxylation is 1. The molecule has 1 unspecified atom stereocenters. The van der Waals surface area contributed by atoms with Crippen molar-refractivity contribution >= 4 is 0 Å². The van der Waals surface area contributed by atoms with E-state index in [1.54, 1.807) is 0 Å². The molecule has 2 N–H and O–H groups in total. The molecule has 3 heteroatoms. The first-order chi connectivity index (χ1) is 10.2. The first-order valence-electron chi connectivity index (χ1n) is 8.27. The van der Waals surface area contributed by atoms with Gasteiger partial charge in [0.2, 0.25) is 0 Å². The lowest BCUT2D eigenvalue weighted by molar-refractivity contribution is 0.268. The van der Waals surface area contributed by atoms with E-state index in [1.807, 2.05) is 0 Å². The van der Waals surface area contributed by atoms with Gasteiger partial charge in [0.25, 0.3) is 0 Å². The monoisotopic (exact) mass is 292 g/mol. The van der Waals surface area contributed by atoms with Crippen molar-refractivity contribution in [3.63, 3.8) is 0 Å². The molecule has 1 aromatic carbocycles. The standard InChI is InChI=1S/C18H32N2O/c1-4-19-18(17-11-7-6-10-16(17)2)12-14-20(3)13-8-5-9-15-21/h6-7,10-11,18-19,21H,4-5,8-9,12-15H2,1-3H3. The summed E-state index contributed by atoms with van der Waals surface area (Å²) in [7, 11) is 2.19. The van der Waals surface area contributed by atoms with Gasteiger partial charge in [-0.05, 0) is 70.4 Å². The zero-order valence-corrected chi connectivity index (χ0v) is 13.9. The maximum atomic E-state index is 8.80. The van der Waals surface area contributed by atoms with Crippen LogP contribution in [0.25, 0.3) is 0 Å². The largest absolute Gasteiger partial charge is 0.396 e. The van der Waals surface area contributed by atoms with E-state index >= 15 is 0 Å². The summed E-state index contributed by atoms with van der Waals surface area (Å²) in [5.74, 6) is 0. The van der Waals surface area contributed by atoms with E-state index in [4.69, 9.17) is 5.11 Å². The molecule has 21 heavy (non-hydrogen) atoms. The fourth-order valence-corrected chi connectivity index (χ4v) is 2.72. The molecule has 0 aliphatic carbocycles. The van der Waals surface area contributed by atoms with Gasteiger partial charge in [-0.2, -0.15) is 0 Å². The van der Waals surface area contributed by atoms with Crippen molar-refractivity contribution in [1.29, 1.82) is 0 Å². The Hall–Kier alpha value is -0.900. The fourth-order valence-electron chi connectivity index (χ4n) is 2.72. The van der Waals surface area contributed by atoms with Crippen LogP contribution in [0.3, 0.4) is 0 Å². The molecule has 1 aromatic rings. The number of aliphatic hydroxyl groups is 1. The van der Waals surface area contributed by atoms with E-state index in [1.165, 1.54) is 17.5 Å². The highest BCUT2D eigenvalue weighted by molar-refractivity contribution is 5.28. The molecular weight excluding hydrogens is 260 g/mol. The molecule has 120 valence electrons. The molecule has 0 aromatic heterocycles. The van der Waals surface area contributed by atoms with Gasteiger partial charge >= 0.3 is 0 Å². The van der Waals surface area contributed by atoms with Crippen molar-refractivity contribution in [2.45, 2.75) is 45.6 Å². The molecule has 0 saturated carbocycles. The van der Waals surface area contributed by atoms with Gasteiger partial charge in [0.05, 0.1) is 0 Å². The van der Waals surface area contributed by atoms with Crippen LogP contribution in [-0.2, 0) is 0 Å². The van der Waals surface area contributed by atoms with Gasteiger partial charge in [-0.25, -0.2) is 0 Å². The maximum absolute atomic E-state index is 8.80. The van der Waals surface area contributed by atoms with Crippen LogP contribution in [0, 0.1) is 6.92 Å². The quantitative estimate of drug-likeness (QED) is 0.615. The first kappa shape index (κ1) is 18.1. The molecule has 3 nitrogen and oxygen atoms in total. The molecule has 0 amide bonds. The van der Waals surface area contributed by atoms with Crippen molar-refractivity contribution in [3.8, 4) is 0 Å². The highest BCUT2D eigenvalue weighted by Crippen LogP contribution is 2.20. The van der Waals surface area contributed by atoms with Crippen LogP contribution in [0.4, 0.5) is 0 Å². The Bertz CT molecular complexity index is 381. The van der Waals surface area contributed by atoms with Crippen molar-refractivity contribution in [1.82, 2.24) is 10.2 Å². The molecule has 0 fully saturated rings. The van der Waals surface area contributed by atoms with Crippen LogP contribution in [0.2, 0.25) is 0 Å². The second-order valence-corrected chi connectivity index (χ2v) is 5.84. The summed E-state index contributed by atoms with van der Waals surface area (Å²) in [6.07, 6.45) is 4.36. The summed E-state index contributed by atoms with van der Waals surface area (Å²) in [4.78, 5) is 2.40. The Morgan fingerprint density at radius 1 is 1.14 bits per heavy atom. The normalized spacial score (nSPS) is 12.8. The Morgan fingerprint density at radius 3 is 2.57 bits per heavy atom. The SMILES string of the molecule is CCNC(CCN(C)CCCCCO)c1ccccc1C. The number of hydrogen-bond acceptors (Lipinski definition) is 3. The first-order valence-corrected chi connectivity index (χ1v) is 8.27. The summed E-state index contributed by atoms with van der Waals surface area (Å²) in [6.45, 7) is 7.90. The van der Waals surface area contributed by atoms with Gasteiger partial charge in [-0.1, -0.05) is 31.2 Å². The van der Waals surface area contributed by atoms with E-state index in [-0.39, 0.29) is 0 Å². The average molecular weight is 292 g/mol. The predicted molar refractivity (Wildman–Crippen MR) is 90.6 cm³/mol. The van der Waals surface area contributed by atoms with Crippen LogP contribution in [0.5, 0.6) is 0 Å². The maximum Gasteiger partial charge on any atom is 0.0431 e. The van der Waals surface area contributed by atoms with E-state index in [9.17, 15) is 0 Å². The molecule has 0 aliphatic rings. The molecule has 0 bridgehead atoms. The lowest BCUT2D eigenvalue weighted by atomic mass is 9.98. The van der Waals surface area contributed by atoms with Gasteiger partial charge in [-0.15, -0.1) is 0 Å². The van der Waals surface area contributed by atoms with Crippen LogP contribution in [-0.4, -0.2) is 43.3 Å². The third-order valence-electron chi connectivity index (χ3n) is 4.01. The second kappa shape index (κ2) is 10.8. The van der Waals surface area contributed by atoms with Crippen LogP contribution in [0.15, 0.2) is 24.3 Å². The number of nitrogens with one attached hydrogen (secondary N) is 1. The summed E-state index contributed by atoms with van der Waals surface area (Å²) in [6, 6.07) is 9.11. The van der Waals surface area contributed by atoms with Gasteiger partial charge in [0, 0.05) is 12.6 Å². The average Bonchev–Trinajstić information content (AvgIpc) is 2.49. The third kappa shape index (κ3) is 7.07. The number of aliphatic hydroxyl groups excluding tert-OH is 1. The second-order valence-electron chi connectivity index (χ2n) is 5.84. The van der Waals surface area contributed by atoms with Crippen LogP contribution < -0.4 is 5.32 Å². The van der Waals surface area contributed by atoms with Gasteiger partial charge in [0.1, 0.15) is 0 Å². The smallest absolute Gasteiger partial charge is 0.0431 e. The number of unbranched alkanes of at least 4 members (excludes halogenated alkanes) is 2. The van der Waals surface area contributed by atoms with Crippen molar-refractivity contribution in [2.24, 2.45) is 0 Å². The predicted octanol–water partition coefficient (Wildman–Crippen LogP) is 3.13. The van der Waals surface area contributed by atoms with E-state index in [0.717, 1.165) is 38.9 Å². The van der Waals surface area contributed by atoms with Crippen molar-refractivity contribution in [3.05, 3.63) is 35.4 Å². The summed E-state index contributed by atoms with van der Waals surface area (Å²) in [5, 5.41) is 12.4. The summed E-state index contributed by atoms with van der Waals surface area (Å²) < 4.78 is 0. The summed E-state index contributed by atoms with van der Waals surface area (Å²) >= 11 is 0. The Labute approximate surface area is 130 Å². The van der Waals surface area contributed by atoms with Gasteiger partial charge in [0.15, 0.2) is 0 Å². The van der Waals surface area contributed by atoms with E-state index < -0.39 is 0 Å². The minimum Gasteiger partial charge on any atom is -0.396 e. The molecular formula is C18H32N2O. The Balaban J connectivity index is 2.43. The summed E-state index contributed by atoms with van der Waals surface area (Å²) in [5.41, 5.74) is 2.79. The molecule has 0 radical (unpaired) electrons. The number of hydrogen-bond donors (Lipinski definition) is 2. The highest BCUT2D eigenvalue weighted by Gasteiger charge is 2.13. The Morgan fingerprint density at radius 2 is 1.90 bits per heavy atom. The number of nitrogens with zero attached hydrogens (tertiary/aromatic N) is 1. The van der Waals surface area contributed by atoms with Crippen LogP contribution >= 0.6 is 0 Å². The molecule has 0 heterocycles. The zero-order chi connectivity index (χ0) is 15.5. The zero-order valence-electron chi connectivity index (χ0n) is 13.9. The lowest BCUT2D eigenvalue weighted by Gasteiger charge is -2.24. The number of rotatable bonds is 11. The lowest BCUT2D eigenvalue weighted by Crippen LogP contribution is -2.28. The molecule has 1 rings (SSSR count). The molecule has 0 saturated heterocycles. The van der Waals surface area contributed by atoms with Gasteiger partial charge < -0.3 is 15.3 Å². The third-order valence-corrected chi connectivity index (χ3v) is 4.01. The number of benzene rings is 1. The van der Waals surface area contributed by atoms with Crippen LogP contribution in [0.1, 0.15) is 49.8 Å². The molecule has 0 spiro atoms.